The van der Waals surface area contributed by atoms with Crippen LogP contribution in [-0.4, -0.2) is 56.2 Å². The molecule has 1 unspecified atom stereocenters. The lowest BCUT2D eigenvalue weighted by Crippen LogP contribution is -2.43. The lowest BCUT2D eigenvalue weighted by Gasteiger charge is -2.35. The summed E-state index contributed by atoms with van der Waals surface area (Å²) in [5, 5.41) is 15.2. The molecular weight excluding hydrogens is 554 g/mol. The average molecular weight is 592 g/mol. The highest BCUT2D eigenvalue weighted by Crippen LogP contribution is 2.47. The Labute approximate surface area is 251 Å². The molecule has 0 fully saturated rings. The molecule has 42 heavy (non-hydrogen) atoms. The van der Waals surface area contributed by atoms with Crippen LogP contribution in [0.3, 0.4) is 0 Å². The molecule has 1 aliphatic heterocycles. The number of rotatable bonds is 7. The van der Waals surface area contributed by atoms with Crippen molar-refractivity contribution in [2.24, 2.45) is 20.0 Å². The highest BCUT2D eigenvalue weighted by Gasteiger charge is 2.41. The summed E-state index contributed by atoms with van der Waals surface area (Å²) in [6.07, 6.45) is 8.93. The maximum Gasteiger partial charge on any atom is 0.310 e. The van der Waals surface area contributed by atoms with Gasteiger partial charge in [-0.3, -0.25) is 14.3 Å². The number of anilines is 1. The minimum absolute atomic E-state index is 0.0391. The van der Waals surface area contributed by atoms with Crippen LogP contribution in [0.25, 0.3) is 11.6 Å². The topological polar surface area (TPSA) is 94.5 Å². The van der Waals surface area contributed by atoms with E-state index in [9.17, 15) is 14.7 Å². The molecule has 6 rings (SSSR count). The Bertz CT molecular complexity index is 1690. The highest BCUT2D eigenvalue weighted by atomic mass is 35.5. The van der Waals surface area contributed by atoms with E-state index in [0.717, 1.165) is 75.0 Å². The fourth-order valence-corrected chi connectivity index (χ4v) is 7.48. The van der Waals surface area contributed by atoms with Gasteiger partial charge in [-0.25, -0.2) is 0 Å². The highest BCUT2D eigenvalue weighted by molar-refractivity contribution is 6.34. The predicted octanol–water partition coefficient (Wildman–Crippen LogP) is 5.19. The summed E-state index contributed by atoms with van der Waals surface area (Å²) in [7, 11) is 5.59. The van der Waals surface area contributed by atoms with Crippen molar-refractivity contribution in [3.63, 3.8) is 0 Å². The van der Waals surface area contributed by atoms with Crippen LogP contribution in [0, 0.1) is 19.8 Å². The van der Waals surface area contributed by atoms with Crippen molar-refractivity contribution in [3.05, 3.63) is 68.0 Å². The number of hydrogen-bond acceptors (Lipinski definition) is 4. The van der Waals surface area contributed by atoms with E-state index in [2.05, 4.69) is 18.4 Å². The molecule has 0 bridgehead atoms. The number of ether oxygens (including phenoxy) is 1. The van der Waals surface area contributed by atoms with E-state index in [1.165, 1.54) is 5.56 Å². The summed E-state index contributed by atoms with van der Waals surface area (Å²) < 4.78 is 11.5. The molecular formula is C32H38ClN5O4. The third-order valence-electron chi connectivity index (χ3n) is 9.22. The van der Waals surface area contributed by atoms with E-state index >= 15 is 0 Å². The molecule has 222 valence electrons. The second kappa shape index (κ2) is 10.6. The first-order valence-corrected chi connectivity index (χ1v) is 15.0. The lowest BCUT2D eigenvalue weighted by molar-refractivity contribution is -0.140. The largest absolute Gasteiger partial charge is 0.481 e. The molecule has 1 N–H and O–H groups in total. The molecule has 3 aliphatic rings. The monoisotopic (exact) mass is 591 g/mol. The summed E-state index contributed by atoms with van der Waals surface area (Å²) in [6.45, 7) is 7.31. The summed E-state index contributed by atoms with van der Waals surface area (Å²) in [5.74, 6) is -1.53. The smallest absolute Gasteiger partial charge is 0.310 e. The molecule has 3 aromatic heterocycles. The molecule has 3 aromatic rings. The van der Waals surface area contributed by atoms with Crippen molar-refractivity contribution in [2.75, 3.05) is 25.2 Å². The first-order valence-electron chi connectivity index (χ1n) is 14.6. The molecule has 0 spiro atoms. The SMILES string of the molecule is COCCCc1c2c(n3c1C(=O)N(c1cn(C)c4c1CC(C(=O)O)C=C4)C[C@H]3C)C(c1c(C)nn(C)c1C)=C(Cl)CC2. The standard InChI is InChI=1S/C32H38ClN5O4/c1-17-15-37(26-16-35(4)25-12-9-20(32(40)41)14-23(25)26)31(39)30-21(8-7-13-42-6)22-10-11-24(33)28(29(22)38(17)30)27-18(2)34-36(5)19(27)3/h9,12,16-17,20H,7-8,10-11,13-15H2,1-6H3,(H,40,41)/t17-,20?/m1/s1. The fourth-order valence-electron chi connectivity index (χ4n) is 7.21. The summed E-state index contributed by atoms with van der Waals surface area (Å²) in [5.41, 5.74) is 10.6. The molecule has 0 saturated heterocycles. The minimum atomic E-state index is -0.857. The van der Waals surface area contributed by atoms with Gasteiger partial charge in [0.2, 0.25) is 0 Å². The van der Waals surface area contributed by atoms with Crippen molar-refractivity contribution in [3.8, 4) is 0 Å². The van der Waals surface area contributed by atoms with Gasteiger partial charge in [0.15, 0.2) is 0 Å². The number of methoxy groups -OCH3 is 1. The van der Waals surface area contributed by atoms with E-state index in [4.69, 9.17) is 21.4 Å². The van der Waals surface area contributed by atoms with Gasteiger partial charge >= 0.3 is 5.97 Å². The van der Waals surface area contributed by atoms with Gasteiger partial charge in [0.25, 0.3) is 5.91 Å². The number of carbonyl (C=O) groups is 2. The van der Waals surface area contributed by atoms with E-state index in [1.807, 2.05) is 47.4 Å². The van der Waals surface area contributed by atoms with Gasteiger partial charge in [-0.1, -0.05) is 17.7 Å². The van der Waals surface area contributed by atoms with Gasteiger partial charge in [-0.2, -0.15) is 5.10 Å². The molecule has 0 radical (unpaired) electrons. The predicted molar refractivity (Wildman–Crippen MR) is 163 cm³/mol. The number of fused-ring (bicyclic) bond motifs is 4. The second-order valence-electron chi connectivity index (χ2n) is 11.8. The Balaban J connectivity index is 1.54. The normalized spacial score (nSPS) is 19.8. The Hall–Kier alpha value is -3.56. The van der Waals surface area contributed by atoms with Gasteiger partial charge in [0, 0.05) is 79.7 Å². The Morgan fingerprint density at radius 3 is 2.62 bits per heavy atom. The molecule has 0 aromatic carbocycles. The van der Waals surface area contributed by atoms with Gasteiger partial charge in [0.1, 0.15) is 5.69 Å². The molecule has 2 atom stereocenters. The van der Waals surface area contributed by atoms with Crippen molar-refractivity contribution in [2.45, 2.75) is 58.9 Å². The zero-order valence-corrected chi connectivity index (χ0v) is 25.9. The van der Waals surface area contributed by atoms with Gasteiger partial charge in [0.05, 0.1) is 23.0 Å². The van der Waals surface area contributed by atoms with Gasteiger partial charge in [-0.15, -0.1) is 0 Å². The van der Waals surface area contributed by atoms with Crippen molar-refractivity contribution >= 4 is 40.8 Å². The number of carboxylic acid groups (broad SMARTS) is 1. The molecule has 0 saturated carbocycles. The van der Waals surface area contributed by atoms with Crippen LogP contribution < -0.4 is 4.90 Å². The first kappa shape index (κ1) is 28.6. The van der Waals surface area contributed by atoms with Crippen LogP contribution in [0.4, 0.5) is 5.69 Å². The van der Waals surface area contributed by atoms with Crippen LogP contribution in [0.15, 0.2) is 17.3 Å². The molecule has 9 nitrogen and oxygen atoms in total. The van der Waals surface area contributed by atoms with Crippen LogP contribution in [0.2, 0.25) is 0 Å². The summed E-state index contributed by atoms with van der Waals surface area (Å²) in [6, 6.07) is -0.0391. The maximum absolute atomic E-state index is 14.7. The van der Waals surface area contributed by atoms with Crippen molar-refractivity contribution in [1.29, 1.82) is 0 Å². The second-order valence-corrected chi connectivity index (χ2v) is 12.3. The summed E-state index contributed by atoms with van der Waals surface area (Å²) in [4.78, 5) is 28.4. The number of amides is 1. The molecule has 10 heteroatoms. The third-order valence-corrected chi connectivity index (χ3v) is 9.60. The average Bonchev–Trinajstić information content (AvgIpc) is 3.55. The van der Waals surface area contributed by atoms with Crippen molar-refractivity contribution in [1.82, 2.24) is 18.9 Å². The quantitative estimate of drug-likeness (QED) is 0.382. The first-order chi connectivity index (χ1) is 20.0. The number of carbonyl (C=O) groups excluding carboxylic acids is 1. The van der Waals surface area contributed by atoms with E-state index in [1.54, 1.807) is 13.2 Å². The van der Waals surface area contributed by atoms with Gasteiger partial charge < -0.3 is 23.9 Å². The van der Waals surface area contributed by atoms with Crippen molar-refractivity contribution < 1.29 is 19.4 Å². The van der Waals surface area contributed by atoms with E-state index < -0.39 is 11.9 Å². The Morgan fingerprint density at radius 1 is 1.19 bits per heavy atom. The molecule has 2 aliphatic carbocycles. The zero-order valence-electron chi connectivity index (χ0n) is 25.1. The fraction of sp³-hybridized carbons (Fsp3) is 0.469. The number of carboxylic acids is 1. The lowest BCUT2D eigenvalue weighted by atomic mass is 9.88. The van der Waals surface area contributed by atoms with Crippen LogP contribution in [0.1, 0.15) is 81.3 Å². The van der Waals surface area contributed by atoms with Crippen LogP contribution in [-0.2, 0) is 42.9 Å². The van der Waals surface area contributed by atoms with E-state index in [-0.39, 0.29) is 11.9 Å². The number of aromatic nitrogens is 4. The molecule has 1 amide bonds. The maximum atomic E-state index is 14.7. The number of nitrogens with zero attached hydrogens (tertiary/aromatic N) is 5. The summed E-state index contributed by atoms with van der Waals surface area (Å²) >= 11 is 7.06. The Kier molecular flexibility index (Phi) is 7.22. The zero-order chi connectivity index (χ0) is 30.0. The number of aliphatic carboxylic acids is 1. The van der Waals surface area contributed by atoms with Crippen LogP contribution >= 0.6 is 11.6 Å². The van der Waals surface area contributed by atoms with E-state index in [0.29, 0.717) is 31.7 Å². The van der Waals surface area contributed by atoms with Crippen LogP contribution in [0.5, 0.6) is 0 Å². The Morgan fingerprint density at radius 2 is 1.95 bits per heavy atom. The number of halogens is 1. The minimum Gasteiger partial charge on any atom is -0.481 e. The number of hydrogen-bond donors (Lipinski definition) is 1. The molecule has 4 heterocycles. The number of allylic oxidation sites excluding steroid dienone is 1. The number of aryl methyl sites for hydroxylation is 3. The third kappa shape index (κ3) is 4.28. The van der Waals surface area contributed by atoms with Gasteiger partial charge in [-0.05, 0) is 70.1 Å².